The van der Waals surface area contributed by atoms with Gasteiger partial charge in [-0.25, -0.2) is 0 Å². The number of rotatable bonds is 5. The molecule has 6 nitrogen and oxygen atoms in total. The van der Waals surface area contributed by atoms with Crippen molar-refractivity contribution in [1.29, 1.82) is 0 Å². The van der Waals surface area contributed by atoms with E-state index in [0.29, 0.717) is 13.1 Å². The molecule has 1 saturated heterocycles. The van der Waals surface area contributed by atoms with E-state index in [9.17, 15) is 9.59 Å². The van der Waals surface area contributed by atoms with Crippen molar-refractivity contribution in [3.05, 3.63) is 88.6 Å². The largest absolute Gasteiger partial charge is 0.368 e. The Morgan fingerprint density at radius 3 is 2.30 bits per heavy atom. The summed E-state index contributed by atoms with van der Waals surface area (Å²) in [4.78, 5) is 29.5. The van der Waals surface area contributed by atoms with Gasteiger partial charge in [0.25, 0.3) is 5.91 Å². The molecule has 33 heavy (non-hydrogen) atoms. The van der Waals surface area contributed by atoms with Gasteiger partial charge in [0, 0.05) is 43.6 Å². The van der Waals surface area contributed by atoms with Gasteiger partial charge in [-0.1, -0.05) is 36.4 Å². The quantitative estimate of drug-likeness (QED) is 0.426. The minimum atomic E-state index is -0.289. The SMILES string of the molecule is O=C(/C=C/c1ccccc1)NC(=S)Nc1ccc(N2CCN(C(=O)c3cccs3)CC2)cc1. The summed E-state index contributed by atoms with van der Waals surface area (Å²) in [6, 6.07) is 21.3. The third-order valence-corrected chi connectivity index (χ3v) is 6.31. The summed E-state index contributed by atoms with van der Waals surface area (Å²) in [7, 11) is 0. The molecule has 2 aromatic carbocycles. The molecule has 1 aliphatic heterocycles. The van der Waals surface area contributed by atoms with Crippen molar-refractivity contribution in [2.75, 3.05) is 36.4 Å². The number of carbonyl (C=O) groups is 2. The fraction of sp³-hybridized carbons (Fsp3) is 0.160. The molecule has 0 radical (unpaired) electrons. The smallest absolute Gasteiger partial charge is 0.264 e. The van der Waals surface area contributed by atoms with Crippen LogP contribution in [0.15, 0.2) is 78.2 Å². The van der Waals surface area contributed by atoms with Crippen LogP contribution in [0.1, 0.15) is 15.2 Å². The molecule has 2 amide bonds. The molecular weight excluding hydrogens is 452 g/mol. The Kier molecular flexibility index (Phi) is 7.49. The average molecular weight is 477 g/mol. The zero-order valence-electron chi connectivity index (χ0n) is 17.9. The maximum atomic E-state index is 12.5. The number of hydrogen-bond donors (Lipinski definition) is 2. The van der Waals surface area contributed by atoms with Crippen molar-refractivity contribution in [2.45, 2.75) is 0 Å². The van der Waals surface area contributed by atoms with Gasteiger partial charge in [0.05, 0.1) is 4.88 Å². The lowest BCUT2D eigenvalue weighted by Crippen LogP contribution is -2.48. The second kappa shape index (κ2) is 10.9. The maximum Gasteiger partial charge on any atom is 0.264 e. The predicted molar refractivity (Wildman–Crippen MR) is 139 cm³/mol. The van der Waals surface area contributed by atoms with E-state index in [0.717, 1.165) is 34.9 Å². The maximum absolute atomic E-state index is 12.5. The molecule has 0 spiro atoms. The molecule has 1 aromatic heterocycles. The molecule has 1 fully saturated rings. The molecule has 0 saturated carbocycles. The zero-order chi connectivity index (χ0) is 23.0. The molecule has 0 unspecified atom stereocenters. The zero-order valence-corrected chi connectivity index (χ0v) is 19.6. The van der Waals surface area contributed by atoms with Crippen LogP contribution in [0.2, 0.25) is 0 Å². The van der Waals surface area contributed by atoms with Gasteiger partial charge < -0.3 is 15.1 Å². The standard InChI is InChI=1S/C25H24N4O2S2/c30-23(13-8-19-5-2-1-3-6-19)27-25(32)26-20-9-11-21(12-10-20)28-14-16-29(17-15-28)24(31)22-7-4-18-33-22/h1-13,18H,14-17H2,(H2,26,27,30,32)/b13-8+. The Morgan fingerprint density at radius 2 is 1.64 bits per heavy atom. The number of piperazine rings is 1. The molecule has 1 aliphatic rings. The van der Waals surface area contributed by atoms with Crippen LogP contribution in [0.5, 0.6) is 0 Å². The van der Waals surface area contributed by atoms with Crippen LogP contribution in [0.25, 0.3) is 6.08 Å². The van der Waals surface area contributed by atoms with E-state index in [1.165, 1.54) is 17.4 Å². The highest BCUT2D eigenvalue weighted by Crippen LogP contribution is 2.21. The summed E-state index contributed by atoms with van der Waals surface area (Å²) in [5.41, 5.74) is 2.82. The molecule has 2 N–H and O–H groups in total. The third kappa shape index (κ3) is 6.27. The summed E-state index contributed by atoms with van der Waals surface area (Å²) in [6.45, 7) is 2.96. The molecule has 3 aromatic rings. The highest BCUT2D eigenvalue weighted by Gasteiger charge is 2.22. The first kappa shape index (κ1) is 22.7. The minimum absolute atomic E-state index is 0.110. The molecule has 0 aliphatic carbocycles. The topological polar surface area (TPSA) is 64.7 Å². The summed E-state index contributed by atoms with van der Waals surface area (Å²) in [6.07, 6.45) is 3.19. The molecule has 8 heteroatoms. The number of nitrogens with zero attached hydrogens (tertiary/aromatic N) is 2. The van der Waals surface area contributed by atoms with Crippen molar-refractivity contribution in [3.63, 3.8) is 0 Å². The lowest BCUT2D eigenvalue weighted by molar-refractivity contribution is -0.115. The average Bonchev–Trinajstić information content (AvgIpc) is 3.39. The van der Waals surface area contributed by atoms with Crippen LogP contribution in [0.3, 0.4) is 0 Å². The number of thiocarbonyl (C=S) groups is 1. The monoisotopic (exact) mass is 476 g/mol. The van der Waals surface area contributed by atoms with E-state index in [1.807, 2.05) is 77.0 Å². The fourth-order valence-electron chi connectivity index (χ4n) is 3.53. The first-order valence-electron chi connectivity index (χ1n) is 10.6. The van der Waals surface area contributed by atoms with Crippen molar-refractivity contribution in [3.8, 4) is 0 Å². The first-order chi connectivity index (χ1) is 16.1. The number of anilines is 2. The van der Waals surface area contributed by atoms with Crippen molar-refractivity contribution < 1.29 is 9.59 Å². The van der Waals surface area contributed by atoms with Crippen LogP contribution in [-0.2, 0) is 4.79 Å². The molecule has 0 atom stereocenters. The van der Waals surface area contributed by atoms with Crippen LogP contribution >= 0.6 is 23.6 Å². The summed E-state index contributed by atoms with van der Waals surface area (Å²) < 4.78 is 0. The van der Waals surface area contributed by atoms with Gasteiger partial charge in [0.2, 0.25) is 5.91 Å². The first-order valence-corrected chi connectivity index (χ1v) is 11.9. The lowest BCUT2D eigenvalue weighted by Gasteiger charge is -2.36. The number of benzene rings is 2. The van der Waals surface area contributed by atoms with E-state index in [4.69, 9.17) is 12.2 Å². The van der Waals surface area contributed by atoms with Crippen molar-refractivity contribution >= 4 is 57.9 Å². The Hall–Kier alpha value is -3.49. The van der Waals surface area contributed by atoms with Gasteiger partial charge in [0.1, 0.15) is 0 Å². The van der Waals surface area contributed by atoms with Crippen molar-refractivity contribution in [1.82, 2.24) is 10.2 Å². The Labute approximate surface area is 202 Å². The van der Waals surface area contributed by atoms with Gasteiger partial charge in [-0.05, 0) is 59.6 Å². The molecule has 0 bridgehead atoms. The Bertz CT molecular complexity index is 1120. The number of amides is 2. The molecule has 168 valence electrons. The molecule has 2 heterocycles. The van der Waals surface area contributed by atoms with E-state index in [1.54, 1.807) is 6.08 Å². The van der Waals surface area contributed by atoms with Gasteiger partial charge in [-0.3, -0.25) is 14.9 Å². The van der Waals surface area contributed by atoms with Crippen LogP contribution < -0.4 is 15.5 Å². The van der Waals surface area contributed by atoms with E-state index in [2.05, 4.69) is 15.5 Å². The summed E-state index contributed by atoms with van der Waals surface area (Å²) in [5.74, 6) is -0.179. The summed E-state index contributed by atoms with van der Waals surface area (Å²) >= 11 is 6.73. The molecular formula is C25H24N4O2S2. The Morgan fingerprint density at radius 1 is 0.909 bits per heavy atom. The van der Waals surface area contributed by atoms with Crippen LogP contribution in [0, 0.1) is 0 Å². The lowest BCUT2D eigenvalue weighted by atomic mass is 10.2. The van der Waals surface area contributed by atoms with Crippen LogP contribution in [0.4, 0.5) is 11.4 Å². The number of nitrogens with one attached hydrogen (secondary N) is 2. The fourth-order valence-corrected chi connectivity index (χ4v) is 4.44. The van der Waals surface area contributed by atoms with Crippen LogP contribution in [-0.4, -0.2) is 48.0 Å². The minimum Gasteiger partial charge on any atom is -0.368 e. The normalized spacial score (nSPS) is 13.7. The van der Waals surface area contributed by atoms with E-state index >= 15 is 0 Å². The second-order valence-corrected chi connectivity index (χ2v) is 8.85. The predicted octanol–water partition coefficient (Wildman–Crippen LogP) is 4.24. The highest BCUT2D eigenvalue weighted by atomic mass is 32.1. The van der Waals surface area contributed by atoms with Gasteiger partial charge >= 0.3 is 0 Å². The number of thiophene rings is 1. The van der Waals surface area contributed by atoms with Crippen molar-refractivity contribution in [2.24, 2.45) is 0 Å². The second-order valence-electron chi connectivity index (χ2n) is 7.49. The number of hydrogen-bond acceptors (Lipinski definition) is 5. The third-order valence-electron chi connectivity index (χ3n) is 5.25. The van der Waals surface area contributed by atoms with E-state index < -0.39 is 0 Å². The highest BCUT2D eigenvalue weighted by molar-refractivity contribution is 7.80. The number of carbonyl (C=O) groups excluding carboxylic acids is 2. The molecule has 4 rings (SSSR count). The van der Waals surface area contributed by atoms with Gasteiger partial charge in [-0.15, -0.1) is 11.3 Å². The van der Waals surface area contributed by atoms with Gasteiger partial charge in [0.15, 0.2) is 5.11 Å². The Balaban J connectivity index is 1.24. The summed E-state index contributed by atoms with van der Waals surface area (Å²) in [5, 5.41) is 7.86. The van der Waals surface area contributed by atoms with Gasteiger partial charge in [-0.2, -0.15) is 0 Å². The van der Waals surface area contributed by atoms with E-state index in [-0.39, 0.29) is 16.9 Å².